The van der Waals surface area contributed by atoms with Gasteiger partial charge in [0, 0.05) is 31.9 Å². The van der Waals surface area contributed by atoms with Crippen molar-refractivity contribution in [3.8, 4) is 5.69 Å². The molecule has 0 bridgehead atoms. The zero-order valence-electron chi connectivity index (χ0n) is 13.2. The Morgan fingerprint density at radius 1 is 1.17 bits per heavy atom. The first-order valence-electron chi connectivity index (χ1n) is 8.31. The van der Waals surface area contributed by atoms with E-state index in [1.807, 2.05) is 16.9 Å². The van der Waals surface area contributed by atoms with Gasteiger partial charge in [0.15, 0.2) is 0 Å². The minimum absolute atomic E-state index is 0.229. The van der Waals surface area contributed by atoms with E-state index in [0.29, 0.717) is 0 Å². The maximum Gasteiger partial charge on any atom is 0.220 e. The lowest BCUT2D eigenvalue weighted by Gasteiger charge is -2.38. The van der Waals surface area contributed by atoms with E-state index < -0.39 is 0 Å². The van der Waals surface area contributed by atoms with Gasteiger partial charge in [-0.15, -0.1) is 0 Å². The molecule has 2 saturated heterocycles. The summed E-state index contributed by atoms with van der Waals surface area (Å²) in [7, 11) is 0. The SMILES string of the molecule is O=C1CC2(CCN(Cc3ccc(-n4cccn4)cc3)CC2)CN1. The smallest absolute Gasteiger partial charge is 0.220 e. The van der Waals surface area contributed by atoms with Crippen LogP contribution >= 0.6 is 0 Å². The highest BCUT2D eigenvalue weighted by Crippen LogP contribution is 2.37. The van der Waals surface area contributed by atoms with Crippen LogP contribution in [-0.2, 0) is 11.3 Å². The van der Waals surface area contributed by atoms with Gasteiger partial charge in [-0.2, -0.15) is 5.10 Å². The monoisotopic (exact) mass is 310 g/mol. The Morgan fingerprint density at radius 3 is 2.57 bits per heavy atom. The summed E-state index contributed by atoms with van der Waals surface area (Å²) < 4.78 is 1.87. The van der Waals surface area contributed by atoms with Gasteiger partial charge in [0.1, 0.15) is 0 Å². The number of benzene rings is 1. The van der Waals surface area contributed by atoms with Crippen molar-refractivity contribution >= 4 is 5.91 Å². The van der Waals surface area contributed by atoms with Crippen molar-refractivity contribution < 1.29 is 4.79 Å². The van der Waals surface area contributed by atoms with E-state index in [2.05, 4.69) is 39.6 Å². The van der Waals surface area contributed by atoms with Gasteiger partial charge in [0.05, 0.1) is 5.69 Å². The van der Waals surface area contributed by atoms with E-state index in [-0.39, 0.29) is 11.3 Å². The second kappa shape index (κ2) is 5.81. The molecule has 1 spiro atoms. The summed E-state index contributed by atoms with van der Waals surface area (Å²) in [5, 5.41) is 7.25. The molecule has 1 aromatic heterocycles. The summed E-state index contributed by atoms with van der Waals surface area (Å²) in [6.45, 7) is 4.01. The van der Waals surface area contributed by atoms with Crippen molar-refractivity contribution in [2.75, 3.05) is 19.6 Å². The van der Waals surface area contributed by atoms with Crippen molar-refractivity contribution in [3.63, 3.8) is 0 Å². The fourth-order valence-corrected chi connectivity index (χ4v) is 3.72. The molecule has 0 saturated carbocycles. The van der Waals surface area contributed by atoms with E-state index >= 15 is 0 Å². The van der Waals surface area contributed by atoms with Crippen molar-refractivity contribution in [3.05, 3.63) is 48.3 Å². The topological polar surface area (TPSA) is 50.2 Å². The third-order valence-electron chi connectivity index (χ3n) is 5.22. The first kappa shape index (κ1) is 14.5. The Bertz CT molecular complexity index is 670. The zero-order chi connectivity index (χ0) is 15.7. The van der Waals surface area contributed by atoms with Crippen LogP contribution in [0, 0.1) is 5.41 Å². The van der Waals surface area contributed by atoms with Crippen LogP contribution in [0.5, 0.6) is 0 Å². The van der Waals surface area contributed by atoms with Gasteiger partial charge in [-0.25, -0.2) is 4.68 Å². The van der Waals surface area contributed by atoms with Crippen LogP contribution in [0.15, 0.2) is 42.7 Å². The molecular weight excluding hydrogens is 288 g/mol. The fourth-order valence-electron chi connectivity index (χ4n) is 3.72. The minimum Gasteiger partial charge on any atom is -0.356 e. The van der Waals surface area contributed by atoms with E-state index in [1.165, 1.54) is 5.56 Å². The molecule has 0 aliphatic carbocycles. The molecule has 23 heavy (non-hydrogen) atoms. The van der Waals surface area contributed by atoms with Crippen molar-refractivity contribution in [2.45, 2.75) is 25.8 Å². The zero-order valence-corrected chi connectivity index (χ0v) is 13.2. The molecule has 5 heteroatoms. The molecule has 5 nitrogen and oxygen atoms in total. The summed E-state index contributed by atoms with van der Waals surface area (Å²) in [4.78, 5) is 14.0. The Hall–Kier alpha value is -2.14. The largest absolute Gasteiger partial charge is 0.356 e. The van der Waals surface area contributed by atoms with E-state index in [0.717, 1.165) is 51.1 Å². The minimum atomic E-state index is 0.229. The number of nitrogens with zero attached hydrogens (tertiary/aromatic N) is 3. The summed E-state index contributed by atoms with van der Waals surface area (Å²) >= 11 is 0. The molecule has 1 amide bonds. The van der Waals surface area contributed by atoms with Crippen LogP contribution in [0.2, 0.25) is 0 Å². The van der Waals surface area contributed by atoms with Gasteiger partial charge in [-0.1, -0.05) is 12.1 Å². The molecule has 2 aromatic rings. The first-order valence-corrected chi connectivity index (χ1v) is 8.31. The Kier molecular flexibility index (Phi) is 3.65. The summed E-state index contributed by atoms with van der Waals surface area (Å²) in [6.07, 6.45) is 6.71. The fraction of sp³-hybridized carbons (Fsp3) is 0.444. The first-order chi connectivity index (χ1) is 11.2. The lowest BCUT2D eigenvalue weighted by molar-refractivity contribution is -0.119. The number of amides is 1. The number of piperidine rings is 1. The Morgan fingerprint density at radius 2 is 1.96 bits per heavy atom. The van der Waals surface area contributed by atoms with Crippen molar-refractivity contribution in [1.29, 1.82) is 0 Å². The summed E-state index contributed by atoms with van der Waals surface area (Å²) in [5.41, 5.74) is 2.65. The maximum absolute atomic E-state index is 11.5. The van der Waals surface area contributed by atoms with Crippen molar-refractivity contribution in [2.24, 2.45) is 5.41 Å². The average molecular weight is 310 g/mol. The highest BCUT2D eigenvalue weighted by Gasteiger charge is 2.40. The lowest BCUT2D eigenvalue weighted by Crippen LogP contribution is -2.40. The van der Waals surface area contributed by atoms with Gasteiger partial charge < -0.3 is 5.32 Å². The van der Waals surface area contributed by atoms with Gasteiger partial charge in [0.2, 0.25) is 5.91 Å². The molecule has 0 atom stereocenters. The predicted molar refractivity (Wildman–Crippen MR) is 88.1 cm³/mol. The maximum atomic E-state index is 11.5. The van der Waals surface area contributed by atoms with Crippen LogP contribution in [-0.4, -0.2) is 40.2 Å². The number of hydrogen-bond acceptors (Lipinski definition) is 3. The number of carbonyl (C=O) groups is 1. The third kappa shape index (κ3) is 3.01. The normalized spacial score (nSPS) is 20.8. The highest BCUT2D eigenvalue weighted by atomic mass is 16.1. The molecule has 4 rings (SSSR count). The van der Waals surface area contributed by atoms with Crippen LogP contribution in [0.1, 0.15) is 24.8 Å². The Labute approximate surface area is 136 Å². The molecule has 0 radical (unpaired) electrons. The number of aromatic nitrogens is 2. The molecule has 2 aliphatic rings. The van der Waals surface area contributed by atoms with Crippen LogP contribution < -0.4 is 5.32 Å². The van der Waals surface area contributed by atoms with E-state index in [1.54, 1.807) is 6.20 Å². The molecule has 1 N–H and O–H groups in total. The summed E-state index contributed by atoms with van der Waals surface area (Å²) in [6, 6.07) is 10.5. The number of rotatable bonds is 3. The quantitative estimate of drug-likeness (QED) is 0.943. The van der Waals surface area contributed by atoms with Gasteiger partial charge in [-0.05, 0) is 55.1 Å². The molecule has 0 unspecified atom stereocenters. The molecule has 2 aliphatic heterocycles. The van der Waals surface area contributed by atoms with Crippen LogP contribution in [0.4, 0.5) is 0 Å². The molecule has 3 heterocycles. The van der Waals surface area contributed by atoms with Gasteiger partial charge >= 0.3 is 0 Å². The summed E-state index contributed by atoms with van der Waals surface area (Å²) in [5.74, 6) is 0.229. The molecule has 120 valence electrons. The standard InChI is InChI=1S/C18H22N4O/c23-17-12-18(14-19-17)6-10-21(11-7-18)13-15-2-4-16(5-3-15)22-9-1-8-20-22/h1-5,8-9H,6-7,10-14H2,(H,19,23). The molecule has 2 fully saturated rings. The van der Waals surface area contributed by atoms with Gasteiger partial charge in [-0.3, -0.25) is 9.69 Å². The number of likely N-dealkylation sites (tertiary alicyclic amines) is 1. The van der Waals surface area contributed by atoms with Crippen LogP contribution in [0.25, 0.3) is 5.69 Å². The van der Waals surface area contributed by atoms with Crippen molar-refractivity contribution in [1.82, 2.24) is 20.0 Å². The Balaban J connectivity index is 1.35. The third-order valence-corrected chi connectivity index (χ3v) is 5.22. The predicted octanol–water partition coefficient (Wildman–Crippen LogP) is 1.97. The number of hydrogen-bond donors (Lipinski definition) is 1. The highest BCUT2D eigenvalue weighted by molar-refractivity contribution is 5.79. The second-order valence-electron chi connectivity index (χ2n) is 6.85. The molecule has 1 aromatic carbocycles. The lowest BCUT2D eigenvalue weighted by atomic mass is 9.77. The van der Waals surface area contributed by atoms with E-state index in [4.69, 9.17) is 0 Å². The second-order valence-corrected chi connectivity index (χ2v) is 6.85. The van der Waals surface area contributed by atoms with Crippen LogP contribution in [0.3, 0.4) is 0 Å². The number of carbonyl (C=O) groups excluding carboxylic acids is 1. The number of nitrogens with one attached hydrogen (secondary N) is 1. The van der Waals surface area contributed by atoms with E-state index in [9.17, 15) is 4.79 Å². The average Bonchev–Trinajstić information content (AvgIpc) is 3.21. The van der Waals surface area contributed by atoms with Gasteiger partial charge in [0.25, 0.3) is 0 Å². The molecular formula is C18H22N4O.